The number of fused-ring (bicyclic) bond motifs is 1. The summed E-state index contributed by atoms with van der Waals surface area (Å²) in [5.41, 5.74) is 3.57. The van der Waals surface area contributed by atoms with Gasteiger partial charge in [0.1, 0.15) is 17.3 Å². The van der Waals surface area contributed by atoms with Gasteiger partial charge in [-0.05, 0) is 65.9 Å². The fraction of sp³-hybridized carbons (Fsp3) is 0.583. The highest BCUT2D eigenvalue weighted by Crippen LogP contribution is 2.54. The van der Waals surface area contributed by atoms with Gasteiger partial charge in [-0.25, -0.2) is 4.79 Å². The SMILES string of the molecule is COC1c2c(c(Br)nn2C(C)C)CC2(CCN(C(=O)OCc3ccccc3)CC2)[C@@H]1C. The van der Waals surface area contributed by atoms with Gasteiger partial charge in [0.2, 0.25) is 0 Å². The zero-order chi connectivity index (χ0) is 22.2. The maximum Gasteiger partial charge on any atom is 0.410 e. The Morgan fingerprint density at radius 2 is 1.94 bits per heavy atom. The summed E-state index contributed by atoms with van der Waals surface area (Å²) in [4.78, 5) is 14.5. The number of likely N-dealkylation sites (tertiary alicyclic amines) is 1. The van der Waals surface area contributed by atoms with Gasteiger partial charge in [-0.15, -0.1) is 0 Å². The van der Waals surface area contributed by atoms with E-state index in [-0.39, 0.29) is 23.7 Å². The fourth-order valence-electron chi connectivity index (χ4n) is 5.28. The average molecular weight is 490 g/mol. The van der Waals surface area contributed by atoms with Crippen LogP contribution in [0.1, 0.15) is 62.6 Å². The third kappa shape index (κ3) is 4.14. The molecule has 1 aromatic carbocycles. The molecule has 0 N–H and O–H groups in total. The highest BCUT2D eigenvalue weighted by atomic mass is 79.9. The normalized spacial score (nSPS) is 22.6. The summed E-state index contributed by atoms with van der Waals surface area (Å²) in [5, 5.41) is 4.77. The Labute approximate surface area is 193 Å². The van der Waals surface area contributed by atoms with E-state index in [9.17, 15) is 4.79 Å². The van der Waals surface area contributed by atoms with Crippen molar-refractivity contribution in [1.29, 1.82) is 0 Å². The summed E-state index contributed by atoms with van der Waals surface area (Å²) in [6.45, 7) is 8.33. The Bertz CT molecular complexity index is 920. The summed E-state index contributed by atoms with van der Waals surface area (Å²) >= 11 is 3.70. The van der Waals surface area contributed by atoms with E-state index in [1.54, 1.807) is 7.11 Å². The maximum absolute atomic E-state index is 12.6. The lowest BCUT2D eigenvalue weighted by molar-refractivity contribution is -0.0525. The molecular formula is C24H32BrN3O3. The van der Waals surface area contributed by atoms with Crippen molar-refractivity contribution < 1.29 is 14.3 Å². The van der Waals surface area contributed by atoms with Crippen LogP contribution in [0.2, 0.25) is 0 Å². The Kier molecular flexibility index (Phi) is 6.44. The van der Waals surface area contributed by atoms with Crippen LogP contribution >= 0.6 is 15.9 Å². The number of amides is 1. The number of ether oxygens (including phenoxy) is 2. The first kappa shape index (κ1) is 22.3. The molecule has 2 heterocycles. The molecule has 1 spiro atoms. The van der Waals surface area contributed by atoms with Gasteiger partial charge in [-0.2, -0.15) is 5.10 Å². The number of nitrogens with zero attached hydrogens (tertiary/aromatic N) is 3. The van der Waals surface area contributed by atoms with Gasteiger partial charge in [0.05, 0.1) is 5.69 Å². The van der Waals surface area contributed by atoms with Crippen molar-refractivity contribution in [2.24, 2.45) is 11.3 Å². The number of carbonyl (C=O) groups excluding carboxylic acids is 1. The second-order valence-electron chi connectivity index (χ2n) is 9.20. The molecule has 1 unspecified atom stereocenters. The predicted molar refractivity (Wildman–Crippen MR) is 123 cm³/mol. The minimum atomic E-state index is -0.222. The molecule has 0 saturated carbocycles. The van der Waals surface area contributed by atoms with Gasteiger partial charge in [0, 0.05) is 31.8 Å². The van der Waals surface area contributed by atoms with E-state index in [1.807, 2.05) is 35.2 Å². The smallest absolute Gasteiger partial charge is 0.410 e. The highest BCUT2D eigenvalue weighted by molar-refractivity contribution is 9.10. The number of aromatic nitrogens is 2. The minimum absolute atomic E-state index is 0.00142. The van der Waals surface area contributed by atoms with Crippen molar-refractivity contribution in [3.63, 3.8) is 0 Å². The molecule has 1 aromatic heterocycles. The number of halogens is 1. The van der Waals surface area contributed by atoms with Crippen LogP contribution in [0.15, 0.2) is 34.9 Å². The van der Waals surface area contributed by atoms with E-state index in [4.69, 9.17) is 14.6 Å². The zero-order valence-corrected chi connectivity index (χ0v) is 20.4. The van der Waals surface area contributed by atoms with Crippen molar-refractivity contribution in [3.8, 4) is 0 Å². The molecule has 2 aromatic rings. The molecule has 1 fully saturated rings. The standard InChI is InChI=1S/C24H32BrN3O3/c1-16(2)28-20-19(22(25)26-28)14-24(17(3)21(20)30-4)10-12-27(13-11-24)23(29)31-15-18-8-6-5-7-9-18/h5-9,16-17,21H,10-15H2,1-4H3/t17-,21?/m1/s1. The summed E-state index contributed by atoms with van der Waals surface area (Å²) < 4.78 is 14.6. The van der Waals surface area contributed by atoms with Gasteiger partial charge in [0.25, 0.3) is 0 Å². The third-order valence-electron chi connectivity index (χ3n) is 7.18. The predicted octanol–water partition coefficient (Wildman–Crippen LogP) is 5.53. The number of hydrogen-bond acceptors (Lipinski definition) is 4. The maximum atomic E-state index is 12.6. The third-order valence-corrected chi connectivity index (χ3v) is 7.82. The number of rotatable bonds is 4. The largest absolute Gasteiger partial charge is 0.445 e. The van der Waals surface area contributed by atoms with E-state index in [0.717, 1.165) is 29.4 Å². The second-order valence-corrected chi connectivity index (χ2v) is 9.96. The van der Waals surface area contributed by atoms with Gasteiger partial charge in [-0.1, -0.05) is 37.3 Å². The number of benzene rings is 1. The second kappa shape index (κ2) is 8.94. The number of carbonyl (C=O) groups is 1. The molecule has 0 bridgehead atoms. The first-order chi connectivity index (χ1) is 14.9. The van der Waals surface area contributed by atoms with Crippen molar-refractivity contribution in [2.45, 2.75) is 58.8 Å². The molecule has 6 nitrogen and oxygen atoms in total. The van der Waals surface area contributed by atoms with Gasteiger partial charge < -0.3 is 14.4 Å². The number of methoxy groups -OCH3 is 1. The first-order valence-electron chi connectivity index (χ1n) is 11.1. The average Bonchev–Trinajstić information content (AvgIpc) is 3.10. The zero-order valence-electron chi connectivity index (χ0n) is 18.8. The van der Waals surface area contributed by atoms with Crippen molar-refractivity contribution in [3.05, 3.63) is 51.8 Å². The quantitative estimate of drug-likeness (QED) is 0.566. The summed E-state index contributed by atoms with van der Waals surface area (Å²) in [6.07, 6.45) is 2.62. The van der Waals surface area contributed by atoms with Crippen LogP contribution in [-0.2, 0) is 22.5 Å². The number of piperidine rings is 1. The Hall–Kier alpha value is -1.86. The van der Waals surface area contributed by atoms with E-state index in [0.29, 0.717) is 25.6 Å². The van der Waals surface area contributed by atoms with Gasteiger partial charge in [0.15, 0.2) is 0 Å². The Morgan fingerprint density at radius 3 is 2.55 bits per heavy atom. The van der Waals surface area contributed by atoms with Crippen LogP contribution in [0.3, 0.4) is 0 Å². The van der Waals surface area contributed by atoms with Crippen molar-refractivity contribution >= 4 is 22.0 Å². The van der Waals surface area contributed by atoms with Crippen LogP contribution in [0, 0.1) is 11.3 Å². The van der Waals surface area contributed by atoms with Crippen LogP contribution < -0.4 is 0 Å². The van der Waals surface area contributed by atoms with E-state index >= 15 is 0 Å². The molecule has 0 radical (unpaired) electrons. The molecule has 2 aliphatic rings. The molecule has 1 aliphatic carbocycles. The minimum Gasteiger partial charge on any atom is -0.445 e. The molecule has 168 valence electrons. The van der Waals surface area contributed by atoms with Crippen molar-refractivity contribution in [1.82, 2.24) is 14.7 Å². The van der Waals surface area contributed by atoms with Crippen molar-refractivity contribution in [2.75, 3.05) is 20.2 Å². The molecular weight excluding hydrogens is 458 g/mol. The Morgan fingerprint density at radius 1 is 1.26 bits per heavy atom. The fourth-order valence-corrected chi connectivity index (χ4v) is 5.79. The summed E-state index contributed by atoms with van der Waals surface area (Å²) in [5.74, 6) is 0.341. The summed E-state index contributed by atoms with van der Waals surface area (Å²) in [6, 6.07) is 10.1. The molecule has 4 rings (SSSR count). The molecule has 1 aliphatic heterocycles. The lowest BCUT2D eigenvalue weighted by Gasteiger charge is -2.50. The molecule has 1 saturated heterocycles. The van der Waals surface area contributed by atoms with Gasteiger partial charge >= 0.3 is 6.09 Å². The van der Waals surface area contributed by atoms with Crippen LogP contribution in [0.4, 0.5) is 4.79 Å². The molecule has 7 heteroatoms. The van der Waals surface area contributed by atoms with E-state index in [2.05, 4.69) is 41.4 Å². The van der Waals surface area contributed by atoms with Crippen LogP contribution in [0.5, 0.6) is 0 Å². The lowest BCUT2D eigenvalue weighted by atomic mass is 9.60. The topological polar surface area (TPSA) is 56.6 Å². The molecule has 1 amide bonds. The van der Waals surface area contributed by atoms with E-state index < -0.39 is 0 Å². The highest BCUT2D eigenvalue weighted by Gasteiger charge is 2.50. The Balaban J connectivity index is 1.47. The van der Waals surface area contributed by atoms with Crippen LogP contribution in [0.25, 0.3) is 0 Å². The number of hydrogen-bond donors (Lipinski definition) is 0. The van der Waals surface area contributed by atoms with Crippen LogP contribution in [-0.4, -0.2) is 41.0 Å². The van der Waals surface area contributed by atoms with Gasteiger partial charge in [-0.3, -0.25) is 4.68 Å². The first-order valence-corrected chi connectivity index (χ1v) is 11.9. The monoisotopic (exact) mass is 489 g/mol. The summed E-state index contributed by atoms with van der Waals surface area (Å²) in [7, 11) is 1.80. The lowest BCUT2D eigenvalue weighted by Crippen LogP contribution is -2.50. The molecule has 31 heavy (non-hydrogen) atoms. The molecule has 2 atom stereocenters. The van der Waals surface area contributed by atoms with E-state index in [1.165, 1.54) is 11.3 Å².